The first-order valence-electron chi connectivity index (χ1n) is 7.99. The molecule has 0 bridgehead atoms. The molecule has 1 saturated heterocycles. The van der Waals surface area contributed by atoms with Crippen molar-refractivity contribution in [2.45, 2.75) is 40.2 Å². The van der Waals surface area contributed by atoms with Gasteiger partial charge in [-0.2, -0.15) is 0 Å². The lowest BCUT2D eigenvalue weighted by atomic mass is 9.99. The van der Waals surface area contributed by atoms with Crippen LogP contribution < -0.4 is 10.2 Å². The molecule has 0 spiro atoms. The van der Waals surface area contributed by atoms with Crippen LogP contribution in [-0.2, 0) is 17.3 Å². The van der Waals surface area contributed by atoms with Crippen molar-refractivity contribution in [3.05, 3.63) is 29.3 Å². The average Bonchev–Trinajstić information content (AvgIpc) is 2.50. The number of hydrogen-bond acceptors (Lipinski definition) is 3. The number of benzene rings is 1. The van der Waals surface area contributed by atoms with Crippen molar-refractivity contribution in [3.63, 3.8) is 0 Å². The van der Waals surface area contributed by atoms with E-state index < -0.39 is 10.8 Å². The van der Waals surface area contributed by atoms with Gasteiger partial charge >= 0.3 is 0 Å². The van der Waals surface area contributed by atoms with Crippen LogP contribution in [-0.4, -0.2) is 35.9 Å². The molecule has 4 heteroatoms. The number of nitrogens with one attached hydrogen (secondary N) is 1. The maximum absolute atomic E-state index is 11.5. The van der Waals surface area contributed by atoms with Crippen molar-refractivity contribution in [1.29, 1.82) is 0 Å². The van der Waals surface area contributed by atoms with E-state index in [1.165, 1.54) is 16.8 Å². The monoisotopic (exact) mass is 310 g/mol. The molecular weight excluding hydrogens is 280 g/mol. The molecule has 120 valence electrons. The van der Waals surface area contributed by atoms with Crippen molar-refractivity contribution >= 4 is 16.5 Å². The summed E-state index contributed by atoms with van der Waals surface area (Å²) in [6.07, 6.45) is 0. The highest BCUT2D eigenvalue weighted by Crippen LogP contribution is 2.26. The molecule has 0 amide bonds. The molecule has 1 aliphatic heterocycles. The molecular formula is C17H30N2OS. The topological polar surface area (TPSA) is 32.3 Å². The van der Waals surface area contributed by atoms with Gasteiger partial charge < -0.3 is 10.2 Å². The van der Waals surface area contributed by atoms with Gasteiger partial charge in [0, 0.05) is 47.6 Å². The number of nitrogens with zero attached hydrogens (tertiary/aromatic N) is 1. The summed E-state index contributed by atoms with van der Waals surface area (Å²) in [6.45, 7) is 11.1. The Balaban J connectivity index is 0.00000106. The Hall–Kier alpha value is -0.870. The summed E-state index contributed by atoms with van der Waals surface area (Å²) in [5.74, 6) is 2.15. The fourth-order valence-corrected chi connectivity index (χ4v) is 3.54. The van der Waals surface area contributed by atoms with Crippen LogP contribution in [0.25, 0.3) is 0 Å². The molecule has 1 heterocycles. The Morgan fingerprint density at radius 2 is 1.86 bits per heavy atom. The lowest BCUT2D eigenvalue weighted by molar-refractivity contribution is 0.672. The zero-order chi connectivity index (χ0) is 15.8. The molecule has 1 fully saturated rings. The summed E-state index contributed by atoms with van der Waals surface area (Å²) in [7, 11) is 1.37. The molecule has 0 unspecified atom stereocenters. The second-order valence-corrected chi connectivity index (χ2v) is 7.10. The van der Waals surface area contributed by atoms with Crippen molar-refractivity contribution in [2.24, 2.45) is 0 Å². The molecule has 0 aromatic heterocycles. The largest absolute Gasteiger partial charge is 0.369 e. The highest BCUT2D eigenvalue weighted by Gasteiger charge is 2.18. The van der Waals surface area contributed by atoms with Gasteiger partial charge in [0.1, 0.15) is 0 Å². The molecule has 0 saturated carbocycles. The van der Waals surface area contributed by atoms with Crippen LogP contribution in [0.5, 0.6) is 0 Å². The smallest absolute Gasteiger partial charge is 0.0412 e. The third-order valence-electron chi connectivity index (χ3n) is 3.66. The van der Waals surface area contributed by atoms with Gasteiger partial charge in [-0.1, -0.05) is 39.8 Å². The van der Waals surface area contributed by atoms with Gasteiger partial charge in [0.15, 0.2) is 0 Å². The maximum Gasteiger partial charge on any atom is 0.0412 e. The molecule has 0 atom stereocenters. The summed E-state index contributed by atoms with van der Waals surface area (Å²) in [6, 6.07) is 6.77. The van der Waals surface area contributed by atoms with E-state index in [1.54, 1.807) is 0 Å². The third-order valence-corrected chi connectivity index (χ3v) is 4.93. The van der Waals surface area contributed by atoms with E-state index in [2.05, 4.69) is 42.3 Å². The fraction of sp³-hybridized carbons (Fsp3) is 0.647. The molecule has 0 radical (unpaired) electrons. The van der Waals surface area contributed by atoms with Crippen LogP contribution in [0.2, 0.25) is 0 Å². The SMILES string of the molecule is CC.CNCc1cc(C(C)C)ccc1N1CCS(=O)CC1. The van der Waals surface area contributed by atoms with Crippen molar-refractivity contribution in [1.82, 2.24) is 5.32 Å². The second-order valence-electron chi connectivity index (χ2n) is 5.41. The van der Waals surface area contributed by atoms with Crippen LogP contribution >= 0.6 is 0 Å². The Morgan fingerprint density at radius 1 is 1.24 bits per heavy atom. The van der Waals surface area contributed by atoms with Crippen molar-refractivity contribution < 1.29 is 4.21 Å². The van der Waals surface area contributed by atoms with Crippen LogP contribution in [0.15, 0.2) is 18.2 Å². The number of hydrogen-bond donors (Lipinski definition) is 1. The standard InChI is InChI=1S/C15H24N2OS.C2H6/c1-12(2)13-4-5-15(14(10-13)11-16-3)17-6-8-19(18)9-7-17;1-2/h4-5,10,12,16H,6-9,11H2,1-3H3;1-2H3. The summed E-state index contributed by atoms with van der Waals surface area (Å²) >= 11 is 0. The first kappa shape index (κ1) is 18.2. The molecule has 1 N–H and O–H groups in total. The third kappa shape index (κ3) is 5.11. The predicted molar refractivity (Wildman–Crippen MR) is 94.7 cm³/mol. The minimum atomic E-state index is -0.614. The molecule has 1 aromatic carbocycles. The lowest BCUT2D eigenvalue weighted by Crippen LogP contribution is -2.38. The minimum absolute atomic E-state index is 0.554. The van der Waals surface area contributed by atoms with E-state index in [0.717, 1.165) is 31.1 Å². The molecule has 0 aliphatic carbocycles. The fourth-order valence-electron chi connectivity index (χ4n) is 2.48. The van der Waals surface area contributed by atoms with E-state index in [-0.39, 0.29) is 0 Å². The Kier molecular flexibility index (Phi) is 7.97. The number of rotatable bonds is 4. The van der Waals surface area contributed by atoms with E-state index in [9.17, 15) is 4.21 Å². The van der Waals surface area contributed by atoms with Gasteiger partial charge in [0.25, 0.3) is 0 Å². The number of anilines is 1. The molecule has 21 heavy (non-hydrogen) atoms. The summed E-state index contributed by atoms with van der Waals surface area (Å²) in [4.78, 5) is 2.37. The van der Waals surface area contributed by atoms with Gasteiger partial charge in [-0.25, -0.2) is 0 Å². The first-order chi connectivity index (χ1) is 10.1. The van der Waals surface area contributed by atoms with Crippen molar-refractivity contribution in [2.75, 3.05) is 36.5 Å². The highest BCUT2D eigenvalue weighted by molar-refractivity contribution is 7.85. The maximum atomic E-state index is 11.5. The second kappa shape index (κ2) is 9.21. The van der Waals surface area contributed by atoms with Gasteiger partial charge in [-0.05, 0) is 30.2 Å². The summed E-state index contributed by atoms with van der Waals surface area (Å²) in [5.41, 5.74) is 4.03. The van der Waals surface area contributed by atoms with Gasteiger partial charge in [0.05, 0.1) is 0 Å². The lowest BCUT2D eigenvalue weighted by Gasteiger charge is -2.30. The molecule has 1 aromatic rings. The van der Waals surface area contributed by atoms with E-state index in [1.807, 2.05) is 20.9 Å². The van der Waals surface area contributed by atoms with Gasteiger partial charge in [0.2, 0.25) is 0 Å². The Bertz CT molecular complexity index is 450. The van der Waals surface area contributed by atoms with E-state index in [4.69, 9.17) is 0 Å². The summed E-state index contributed by atoms with van der Waals surface area (Å²) in [5, 5.41) is 3.25. The molecule has 1 aliphatic rings. The van der Waals surface area contributed by atoms with Gasteiger partial charge in [-0.3, -0.25) is 4.21 Å². The van der Waals surface area contributed by atoms with Crippen LogP contribution in [0.1, 0.15) is 44.7 Å². The van der Waals surface area contributed by atoms with E-state index in [0.29, 0.717) is 5.92 Å². The molecule has 2 rings (SSSR count). The Morgan fingerprint density at radius 3 is 2.38 bits per heavy atom. The van der Waals surface area contributed by atoms with Crippen LogP contribution in [0.3, 0.4) is 0 Å². The minimum Gasteiger partial charge on any atom is -0.369 e. The van der Waals surface area contributed by atoms with Crippen LogP contribution in [0, 0.1) is 0 Å². The highest BCUT2D eigenvalue weighted by atomic mass is 32.2. The average molecular weight is 311 g/mol. The van der Waals surface area contributed by atoms with E-state index >= 15 is 0 Å². The van der Waals surface area contributed by atoms with Crippen molar-refractivity contribution in [3.8, 4) is 0 Å². The normalized spacial score (nSPS) is 15.8. The zero-order valence-electron chi connectivity index (χ0n) is 14.1. The molecule has 3 nitrogen and oxygen atoms in total. The Labute approximate surface area is 132 Å². The first-order valence-corrected chi connectivity index (χ1v) is 9.48. The van der Waals surface area contributed by atoms with Gasteiger partial charge in [-0.15, -0.1) is 0 Å². The zero-order valence-corrected chi connectivity index (χ0v) is 14.9. The van der Waals surface area contributed by atoms with Crippen LogP contribution in [0.4, 0.5) is 5.69 Å². The quantitative estimate of drug-likeness (QED) is 0.927. The predicted octanol–water partition coefficient (Wildman–Crippen LogP) is 3.12. The summed E-state index contributed by atoms with van der Waals surface area (Å²) < 4.78 is 11.5.